The molecule has 1 aromatic heterocycles. The number of aromatic carboxylic acids is 1. The summed E-state index contributed by atoms with van der Waals surface area (Å²) < 4.78 is 0. The summed E-state index contributed by atoms with van der Waals surface area (Å²) in [7, 11) is 0. The molecule has 1 heterocycles. The Morgan fingerprint density at radius 3 is 2.71 bits per heavy atom. The van der Waals surface area contributed by atoms with Crippen LogP contribution in [0.2, 0.25) is 0 Å². The van der Waals surface area contributed by atoms with Gasteiger partial charge in [-0.1, -0.05) is 27.2 Å². The zero-order valence-electron chi connectivity index (χ0n) is 8.70. The van der Waals surface area contributed by atoms with E-state index in [0.29, 0.717) is 0 Å². The van der Waals surface area contributed by atoms with Crippen molar-refractivity contribution >= 4 is 17.3 Å². The molecule has 0 amide bonds. The quantitative estimate of drug-likeness (QED) is 0.836. The molecule has 3 nitrogen and oxygen atoms in total. The van der Waals surface area contributed by atoms with Crippen molar-refractivity contribution in [1.29, 1.82) is 0 Å². The van der Waals surface area contributed by atoms with Gasteiger partial charge in [0, 0.05) is 10.8 Å². The van der Waals surface area contributed by atoms with Gasteiger partial charge in [-0.2, -0.15) is 0 Å². The van der Waals surface area contributed by atoms with E-state index >= 15 is 0 Å². The van der Waals surface area contributed by atoms with E-state index in [1.807, 2.05) is 0 Å². The lowest BCUT2D eigenvalue weighted by Crippen LogP contribution is -2.16. The summed E-state index contributed by atoms with van der Waals surface area (Å²) in [6, 6.07) is 0. The van der Waals surface area contributed by atoms with Crippen LogP contribution in [-0.4, -0.2) is 16.1 Å². The molecule has 0 radical (unpaired) electrons. The molecule has 14 heavy (non-hydrogen) atoms. The summed E-state index contributed by atoms with van der Waals surface area (Å²) >= 11 is 1.43. The third-order valence-electron chi connectivity index (χ3n) is 2.18. The molecule has 0 saturated heterocycles. The lowest BCUT2D eigenvalue weighted by molar-refractivity contribution is 0.0691. The molecule has 0 spiro atoms. The lowest BCUT2D eigenvalue weighted by atomic mass is 9.89. The Kier molecular flexibility index (Phi) is 3.26. The molecule has 0 aliphatic carbocycles. The predicted molar refractivity (Wildman–Crippen MR) is 57.0 cm³/mol. The molecule has 0 atom stereocenters. The molecule has 4 heteroatoms. The van der Waals surface area contributed by atoms with Crippen LogP contribution in [0.4, 0.5) is 0 Å². The molecule has 0 saturated carbocycles. The maximum atomic E-state index is 10.6. The molecule has 0 aliphatic rings. The van der Waals surface area contributed by atoms with E-state index in [2.05, 4.69) is 25.8 Å². The average Bonchev–Trinajstić information content (AvgIpc) is 2.51. The van der Waals surface area contributed by atoms with E-state index in [0.717, 1.165) is 17.8 Å². The van der Waals surface area contributed by atoms with Crippen LogP contribution in [0.25, 0.3) is 0 Å². The number of nitrogens with zero attached hydrogens (tertiary/aromatic N) is 1. The Morgan fingerprint density at radius 2 is 2.29 bits per heavy atom. The zero-order chi connectivity index (χ0) is 10.8. The number of carbonyl (C=O) groups is 1. The first kappa shape index (κ1) is 11.2. The van der Waals surface area contributed by atoms with Gasteiger partial charge in [0.15, 0.2) is 5.69 Å². The summed E-state index contributed by atoms with van der Waals surface area (Å²) in [5.74, 6) is -0.945. The van der Waals surface area contributed by atoms with Crippen LogP contribution in [0.3, 0.4) is 0 Å². The fourth-order valence-electron chi connectivity index (χ4n) is 1.41. The first-order chi connectivity index (χ1) is 6.47. The monoisotopic (exact) mass is 213 g/mol. The Labute approximate surface area is 87.8 Å². The molecule has 0 aliphatic heterocycles. The Bertz CT molecular complexity index is 331. The van der Waals surface area contributed by atoms with Gasteiger partial charge in [-0.25, -0.2) is 9.78 Å². The maximum Gasteiger partial charge on any atom is 0.355 e. The molecule has 0 unspecified atom stereocenters. The van der Waals surface area contributed by atoms with Gasteiger partial charge in [0.1, 0.15) is 0 Å². The number of thiazole rings is 1. The van der Waals surface area contributed by atoms with Crippen molar-refractivity contribution in [3.05, 3.63) is 16.1 Å². The number of carboxylic acid groups (broad SMARTS) is 1. The molecule has 78 valence electrons. The highest BCUT2D eigenvalue weighted by atomic mass is 32.1. The summed E-state index contributed by atoms with van der Waals surface area (Å²) in [6.07, 6.45) is 2.11. The Morgan fingerprint density at radius 1 is 1.64 bits per heavy atom. The van der Waals surface area contributed by atoms with Gasteiger partial charge in [-0.15, -0.1) is 11.3 Å². The number of carboxylic acids is 1. The van der Waals surface area contributed by atoms with Crippen LogP contribution in [0.15, 0.2) is 5.38 Å². The standard InChI is InChI=1S/C10H15NO2S/c1-4-5-10(2,3)9-11-7(6-14-9)8(12)13/h6H,4-5H2,1-3H3,(H,12,13). The second-order valence-corrected chi connectivity index (χ2v) is 4.84. The van der Waals surface area contributed by atoms with Gasteiger partial charge in [0.05, 0.1) is 5.01 Å². The summed E-state index contributed by atoms with van der Waals surface area (Å²) in [4.78, 5) is 14.8. The smallest absolute Gasteiger partial charge is 0.355 e. The normalized spacial score (nSPS) is 11.6. The first-order valence-electron chi connectivity index (χ1n) is 4.66. The van der Waals surface area contributed by atoms with Gasteiger partial charge in [-0.05, 0) is 6.42 Å². The van der Waals surface area contributed by atoms with Gasteiger partial charge in [-0.3, -0.25) is 0 Å². The van der Waals surface area contributed by atoms with Gasteiger partial charge >= 0.3 is 5.97 Å². The second-order valence-electron chi connectivity index (χ2n) is 3.98. The minimum atomic E-state index is -0.945. The molecular weight excluding hydrogens is 198 g/mol. The molecule has 0 bridgehead atoms. The fourth-order valence-corrected chi connectivity index (χ4v) is 2.36. The highest BCUT2D eigenvalue weighted by molar-refractivity contribution is 7.10. The number of hydrogen-bond donors (Lipinski definition) is 1. The zero-order valence-corrected chi connectivity index (χ0v) is 9.52. The Hall–Kier alpha value is -0.900. The third-order valence-corrected chi connectivity index (χ3v) is 3.39. The first-order valence-corrected chi connectivity index (χ1v) is 5.54. The van der Waals surface area contributed by atoms with Crippen molar-refractivity contribution in [3.8, 4) is 0 Å². The van der Waals surface area contributed by atoms with Crippen molar-refractivity contribution in [2.75, 3.05) is 0 Å². The largest absolute Gasteiger partial charge is 0.476 e. The lowest BCUT2D eigenvalue weighted by Gasteiger charge is -2.20. The SMILES string of the molecule is CCCC(C)(C)c1nc(C(=O)O)cs1. The summed E-state index contributed by atoms with van der Waals surface area (Å²) in [5, 5.41) is 11.3. The summed E-state index contributed by atoms with van der Waals surface area (Å²) in [5.41, 5.74) is 0.154. The van der Waals surface area contributed by atoms with Crippen molar-refractivity contribution < 1.29 is 9.90 Å². The minimum Gasteiger partial charge on any atom is -0.476 e. The molecule has 1 aromatic rings. The van der Waals surface area contributed by atoms with Gasteiger partial charge in [0.25, 0.3) is 0 Å². The van der Waals surface area contributed by atoms with Crippen molar-refractivity contribution in [2.45, 2.75) is 39.0 Å². The highest BCUT2D eigenvalue weighted by Gasteiger charge is 2.24. The molecule has 1 rings (SSSR count). The molecule has 0 aromatic carbocycles. The average molecular weight is 213 g/mol. The van der Waals surface area contributed by atoms with E-state index in [1.165, 1.54) is 11.3 Å². The minimum absolute atomic E-state index is 0.00683. The van der Waals surface area contributed by atoms with Gasteiger partial charge < -0.3 is 5.11 Å². The van der Waals surface area contributed by atoms with E-state index in [4.69, 9.17) is 5.11 Å². The van der Waals surface area contributed by atoms with Crippen LogP contribution in [-0.2, 0) is 5.41 Å². The van der Waals surface area contributed by atoms with Crippen molar-refractivity contribution in [1.82, 2.24) is 4.98 Å². The van der Waals surface area contributed by atoms with Crippen LogP contribution in [0, 0.1) is 0 Å². The third kappa shape index (κ3) is 2.32. The predicted octanol–water partition coefficient (Wildman–Crippen LogP) is 2.92. The second kappa shape index (κ2) is 4.09. The van der Waals surface area contributed by atoms with Crippen LogP contribution in [0.5, 0.6) is 0 Å². The van der Waals surface area contributed by atoms with E-state index in [1.54, 1.807) is 5.38 Å². The van der Waals surface area contributed by atoms with E-state index in [9.17, 15) is 4.79 Å². The van der Waals surface area contributed by atoms with Gasteiger partial charge in [0.2, 0.25) is 0 Å². The van der Waals surface area contributed by atoms with E-state index < -0.39 is 5.97 Å². The fraction of sp³-hybridized carbons (Fsp3) is 0.600. The number of rotatable bonds is 4. The summed E-state index contributed by atoms with van der Waals surface area (Å²) in [6.45, 7) is 6.31. The van der Waals surface area contributed by atoms with Crippen molar-refractivity contribution in [2.24, 2.45) is 0 Å². The molecule has 0 fully saturated rings. The van der Waals surface area contributed by atoms with Crippen LogP contribution < -0.4 is 0 Å². The number of aromatic nitrogens is 1. The maximum absolute atomic E-state index is 10.6. The van der Waals surface area contributed by atoms with Crippen LogP contribution in [0.1, 0.15) is 49.1 Å². The Balaban J connectivity index is 2.90. The highest BCUT2D eigenvalue weighted by Crippen LogP contribution is 2.30. The topological polar surface area (TPSA) is 50.2 Å². The molecule has 1 N–H and O–H groups in total. The van der Waals surface area contributed by atoms with E-state index in [-0.39, 0.29) is 11.1 Å². The molecular formula is C10H15NO2S. The van der Waals surface area contributed by atoms with Crippen molar-refractivity contribution in [3.63, 3.8) is 0 Å². The van der Waals surface area contributed by atoms with Crippen LogP contribution >= 0.6 is 11.3 Å². The number of hydrogen-bond acceptors (Lipinski definition) is 3.